The molecule has 0 aliphatic heterocycles. The Hall–Kier alpha value is -2.73. The van der Waals surface area contributed by atoms with Crippen LogP contribution in [0.4, 0.5) is 8.78 Å². The van der Waals surface area contributed by atoms with Crippen LogP contribution < -0.4 is 0 Å². The maximum Gasteiger partial charge on any atom is 0.274 e. The zero-order valence-corrected chi connectivity index (χ0v) is 16.0. The van der Waals surface area contributed by atoms with Crippen LogP contribution in [0.1, 0.15) is 33.7 Å². The molecule has 0 N–H and O–H groups in total. The molecule has 0 bridgehead atoms. The highest BCUT2D eigenvalue weighted by molar-refractivity contribution is 6.31. The largest absolute Gasteiger partial charge is 0.336 e. The third-order valence-electron chi connectivity index (χ3n) is 4.99. The Morgan fingerprint density at radius 2 is 1.96 bits per heavy atom. The molecule has 4 rings (SSSR count). The van der Waals surface area contributed by atoms with Gasteiger partial charge in [-0.2, -0.15) is 5.10 Å². The molecule has 7 heteroatoms. The van der Waals surface area contributed by atoms with E-state index in [1.165, 1.54) is 6.07 Å². The smallest absolute Gasteiger partial charge is 0.274 e. The fraction of sp³-hybridized carbons (Fsp3) is 0.238. The standard InChI is InChI=1S/C21H18ClF2N3O/c1-26(12-13-5-2-3-7-16(13)22)21(28)20-15-6-4-8-19(15)27(25-20)14-9-10-17(23)18(24)11-14/h2-3,5,7,9-11H,4,6,8,12H2,1H3. The van der Waals surface area contributed by atoms with E-state index in [0.29, 0.717) is 22.9 Å². The molecule has 1 amide bonds. The van der Waals surface area contributed by atoms with Crippen molar-refractivity contribution in [3.63, 3.8) is 0 Å². The van der Waals surface area contributed by atoms with Gasteiger partial charge >= 0.3 is 0 Å². The molecule has 0 unspecified atom stereocenters. The fourth-order valence-corrected chi connectivity index (χ4v) is 3.77. The zero-order chi connectivity index (χ0) is 19.8. The molecule has 1 aromatic heterocycles. The molecule has 1 heterocycles. The van der Waals surface area contributed by atoms with Crippen LogP contribution in [-0.4, -0.2) is 27.6 Å². The number of hydrogen-bond acceptors (Lipinski definition) is 2. The highest BCUT2D eigenvalue weighted by Gasteiger charge is 2.29. The van der Waals surface area contributed by atoms with E-state index in [0.717, 1.165) is 48.2 Å². The van der Waals surface area contributed by atoms with Crippen molar-refractivity contribution in [1.29, 1.82) is 0 Å². The van der Waals surface area contributed by atoms with E-state index < -0.39 is 11.6 Å². The number of aromatic nitrogens is 2. The predicted octanol–water partition coefficient (Wildman–Crippen LogP) is 4.56. The topological polar surface area (TPSA) is 38.1 Å². The van der Waals surface area contributed by atoms with E-state index in [2.05, 4.69) is 5.10 Å². The van der Waals surface area contributed by atoms with Gasteiger partial charge in [0.2, 0.25) is 0 Å². The Bertz CT molecular complexity index is 1060. The molecular weight excluding hydrogens is 384 g/mol. The summed E-state index contributed by atoms with van der Waals surface area (Å²) in [6.07, 6.45) is 2.37. The summed E-state index contributed by atoms with van der Waals surface area (Å²) >= 11 is 6.20. The van der Waals surface area contributed by atoms with E-state index in [1.807, 2.05) is 18.2 Å². The number of benzene rings is 2. The second kappa shape index (κ2) is 7.36. The van der Waals surface area contributed by atoms with Crippen molar-refractivity contribution in [1.82, 2.24) is 14.7 Å². The van der Waals surface area contributed by atoms with Crippen molar-refractivity contribution in [2.24, 2.45) is 0 Å². The van der Waals surface area contributed by atoms with Crippen molar-refractivity contribution in [2.75, 3.05) is 7.05 Å². The Morgan fingerprint density at radius 1 is 1.18 bits per heavy atom. The van der Waals surface area contributed by atoms with Crippen molar-refractivity contribution >= 4 is 17.5 Å². The minimum Gasteiger partial charge on any atom is -0.336 e. The quantitative estimate of drug-likeness (QED) is 0.642. The molecular formula is C21H18ClF2N3O. The van der Waals surface area contributed by atoms with Gasteiger partial charge in [-0.25, -0.2) is 13.5 Å². The summed E-state index contributed by atoms with van der Waals surface area (Å²) in [7, 11) is 1.70. The first kappa shape index (κ1) is 18.6. The Kier molecular flexibility index (Phi) is 4.89. The van der Waals surface area contributed by atoms with Gasteiger partial charge in [-0.3, -0.25) is 4.79 Å². The molecule has 28 heavy (non-hydrogen) atoms. The molecule has 144 valence electrons. The van der Waals surface area contributed by atoms with Crippen LogP contribution in [0.15, 0.2) is 42.5 Å². The van der Waals surface area contributed by atoms with Crippen LogP contribution in [0.3, 0.4) is 0 Å². The first-order valence-electron chi connectivity index (χ1n) is 9.00. The van der Waals surface area contributed by atoms with Crippen LogP contribution in [0.5, 0.6) is 0 Å². The molecule has 0 saturated carbocycles. The van der Waals surface area contributed by atoms with Crippen molar-refractivity contribution < 1.29 is 13.6 Å². The average molecular weight is 402 g/mol. The minimum atomic E-state index is -0.941. The van der Waals surface area contributed by atoms with E-state index in [4.69, 9.17) is 11.6 Å². The van der Waals surface area contributed by atoms with Gasteiger partial charge in [-0.1, -0.05) is 29.8 Å². The molecule has 0 fully saturated rings. The van der Waals surface area contributed by atoms with E-state index in [9.17, 15) is 13.6 Å². The molecule has 3 aromatic rings. The van der Waals surface area contributed by atoms with Gasteiger partial charge < -0.3 is 4.90 Å². The summed E-state index contributed by atoms with van der Waals surface area (Å²) in [4.78, 5) is 14.6. The van der Waals surface area contributed by atoms with Crippen LogP contribution in [-0.2, 0) is 19.4 Å². The molecule has 1 aliphatic rings. The lowest BCUT2D eigenvalue weighted by molar-refractivity contribution is 0.0778. The minimum absolute atomic E-state index is 0.223. The summed E-state index contributed by atoms with van der Waals surface area (Å²) in [6, 6.07) is 11.0. The lowest BCUT2D eigenvalue weighted by atomic mass is 10.1. The average Bonchev–Trinajstić information content (AvgIpc) is 3.28. The molecule has 0 radical (unpaired) electrons. The van der Waals surface area contributed by atoms with Gasteiger partial charge in [-0.05, 0) is 43.0 Å². The molecule has 0 saturated heterocycles. The summed E-state index contributed by atoms with van der Waals surface area (Å²) in [5.41, 5.74) is 3.36. The Labute approximate surface area is 166 Å². The monoisotopic (exact) mass is 401 g/mol. The van der Waals surface area contributed by atoms with E-state index >= 15 is 0 Å². The van der Waals surface area contributed by atoms with Gasteiger partial charge in [0.1, 0.15) is 0 Å². The highest BCUT2D eigenvalue weighted by Crippen LogP contribution is 2.29. The first-order chi connectivity index (χ1) is 13.5. The second-order valence-electron chi connectivity index (χ2n) is 6.89. The first-order valence-corrected chi connectivity index (χ1v) is 9.38. The van der Waals surface area contributed by atoms with Crippen LogP contribution in [0.2, 0.25) is 5.02 Å². The summed E-state index contributed by atoms with van der Waals surface area (Å²) in [5.74, 6) is -2.08. The molecule has 2 aromatic carbocycles. The van der Waals surface area contributed by atoms with Gasteiger partial charge in [0, 0.05) is 35.9 Å². The van der Waals surface area contributed by atoms with Gasteiger partial charge in [0.25, 0.3) is 5.91 Å². The maximum atomic E-state index is 13.7. The normalized spacial score (nSPS) is 12.9. The summed E-state index contributed by atoms with van der Waals surface area (Å²) < 4.78 is 28.5. The zero-order valence-electron chi connectivity index (χ0n) is 15.3. The number of carbonyl (C=O) groups excluding carboxylic acids is 1. The Balaban J connectivity index is 1.67. The Morgan fingerprint density at radius 3 is 2.71 bits per heavy atom. The van der Waals surface area contributed by atoms with Crippen LogP contribution in [0.25, 0.3) is 5.69 Å². The van der Waals surface area contributed by atoms with Gasteiger partial charge in [0.15, 0.2) is 17.3 Å². The lowest BCUT2D eigenvalue weighted by Crippen LogP contribution is -2.27. The molecule has 0 spiro atoms. The summed E-state index contributed by atoms with van der Waals surface area (Å²) in [6.45, 7) is 0.352. The summed E-state index contributed by atoms with van der Waals surface area (Å²) in [5, 5.41) is 5.06. The number of nitrogens with zero attached hydrogens (tertiary/aromatic N) is 3. The van der Waals surface area contributed by atoms with Gasteiger partial charge in [0.05, 0.1) is 5.69 Å². The maximum absolute atomic E-state index is 13.7. The number of halogens is 3. The number of amides is 1. The lowest BCUT2D eigenvalue weighted by Gasteiger charge is -2.17. The SMILES string of the molecule is CN(Cc1ccccc1Cl)C(=O)c1nn(-c2ccc(F)c(F)c2)c2c1CCC2. The van der Waals surface area contributed by atoms with E-state index in [-0.39, 0.29) is 5.91 Å². The van der Waals surface area contributed by atoms with Crippen LogP contribution >= 0.6 is 11.6 Å². The number of hydrogen-bond donors (Lipinski definition) is 0. The molecule has 1 aliphatic carbocycles. The fourth-order valence-electron chi connectivity index (χ4n) is 3.57. The number of carbonyl (C=O) groups is 1. The third-order valence-corrected chi connectivity index (χ3v) is 5.36. The number of rotatable bonds is 4. The van der Waals surface area contributed by atoms with Gasteiger partial charge in [-0.15, -0.1) is 0 Å². The van der Waals surface area contributed by atoms with Crippen LogP contribution in [0, 0.1) is 11.6 Å². The van der Waals surface area contributed by atoms with Crippen molar-refractivity contribution in [2.45, 2.75) is 25.8 Å². The predicted molar refractivity (Wildman–Crippen MR) is 103 cm³/mol. The second-order valence-corrected chi connectivity index (χ2v) is 7.30. The van der Waals surface area contributed by atoms with Crippen molar-refractivity contribution in [3.8, 4) is 5.69 Å². The third kappa shape index (κ3) is 3.29. The molecule has 4 nitrogen and oxygen atoms in total. The van der Waals surface area contributed by atoms with E-state index in [1.54, 1.807) is 22.7 Å². The molecule has 0 atom stereocenters. The van der Waals surface area contributed by atoms with Crippen molar-refractivity contribution in [3.05, 3.63) is 81.6 Å². The number of fused-ring (bicyclic) bond motifs is 1. The highest BCUT2D eigenvalue weighted by atomic mass is 35.5.